The number of nitrogens with zero attached hydrogens (tertiary/aromatic N) is 1. The third-order valence-corrected chi connectivity index (χ3v) is 6.24. The lowest BCUT2D eigenvalue weighted by Crippen LogP contribution is -2.44. The molecule has 2 heterocycles. The van der Waals surface area contributed by atoms with Gasteiger partial charge in [-0.2, -0.15) is 0 Å². The van der Waals surface area contributed by atoms with Crippen LogP contribution in [0.3, 0.4) is 0 Å². The van der Waals surface area contributed by atoms with Crippen molar-refractivity contribution in [1.29, 1.82) is 0 Å². The van der Waals surface area contributed by atoms with Crippen molar-refractivity contribution in [3.05, 3.63) is 23.8 Å². The van der Waals surface area contributed by atoms with E-state index in [1.54, 1.807) is 12.1 Å². The van der Waals surface area contributed by atoms with Crippen LogP contribution in [0, 0.1) is 18.3 Å². The van der Waals surface area contributed by atoms with E-state index in [1.807, 2.05) is 13.0 Å². The molecule has 26 heavy (non-hydrogen) atoms. The zero-order valence-electron chi connectivity index (χ0n) is 15.1. The Morgan fingerprint density at radius 2 is 2.00 bits per heavy atom. The zero-order chi connectivity index (χ0) is 18.3. The van der Waals surface area contributed by atoms with Crippen molar-refractivity contribution in [2.24, 2.45) is 11.3 Å². The number of anilines is 2. The summed E-state index contributed by atoms with van der Waals surface area (Å²) in [5.74, 6) is 0.191. The second-order valence-corrected chi connectivity index (χ2v) is 7.81. The Hall–Kier alpha value is -2.21. The van der Waals surface area contributed by atoms with Crippen LogP contribution in [-0.2, 0) is 14.4 Å². The molecular formula is C20H25N3O3. The number of nitrogens with one attached hydrogen (secondary N) is 2. The number of hydrogen-bond donors (Lipinski definition) is 2. The highest BCUT2D eigenvalue weighted by Gasteiger charge is 2.49. The summed E-state index contributed by atoms with van der Waals surface area (Å²) < 4.78 is 0. The molecule has 0 unspecified atom stereocenters. The first kappa shape index (κ1) is 17.2. The Morgan fingerprint density at radius 1 is 1.23 bits per heavy atom. The van der Waals surface area contributed by atoms with Crippen molar-refractivity contribution in [3.63, 3.8) is 0 Å². The van der Waals surface area contributed by atoms with Gasteiger partial charge in [-0.25, -0.2) is 0 Å². The Morgan fingerprint density at radius 3 is 2.73 bits per heavy atom. The minimum atomic E-state index is -0.300. The van der Waals surface area contributed by atoms with Gasteiger partial charge in [0.05, 0.1) is 11.1 Å². The predicted octanol–water partition coefficient (Wildman–Crippen LogP) is 2.37. The fraction of sp³-hybridized carbons (Fsp3) is 0.550. The van der Waals surface area contributed by atoms with Crippen LogP contribution in [0.2, 0.25) is 0 Å². The van der Waals surface area contributed by atoms with Gasteiger partial charge in [0.25, 0.3) is 0 Å². The average Bonchev–Trinajstić information content (AvgIpc) is 3.20. The molecule has 2 N–H and O–H groups in total. The maximum absolute atomic E-state index is 13.1. The summed E-state index contributed by atoms with van der Waals surface area (Å²) in [7, 11) is 0. The van der Waals surface area contributed by atoms with Crippen molar-refractivity contribution in [2.45, 2.75) is 45.4 Å². The van der Waals surface area contributed by atoms with E-state index in [1.165, 1.54) is 11.3 Å². The monoisotopic (exact) mass is 355 g/mol. The fourth-order valence-electron chi connectivity index (χ4n) is 4.78. The summed E-state index contributed by atoms with van der Waals surface area (Å²) in [5.41, 5.74) is 1.85. The first-order valence-electron chi connectivity index (χ1n) is 9.50. The summed E-state index contributed by atoms with van der Waals surface area (Å²) in [6.45, 7) is 3.53. The van der Waals surface area contributed by atoms with E-state index in [0.29, 0.717) is 11.6 Å². The zero-order valence-corrected chi connectivity index (χ0v) is 15.1. The largest absolute Gasteiger partial charge is 0.326 e. The van der Waals surface area contributed by atoms with Gasteiger partial charge in [-0.3, -0.25) is 19.3 Å². The van der Waals surface area contributed by atoms with Crippen molar-refractivity contribution >= 4 is 29.1 Å². The van der Waals surface area contributed by atoms with Crippen molar-refractivity contribution < 1.29 is 14.4 Å². The molecule has 3 amide bonds. The fourth-order valence-corrected chi connectivity index (χ4v) is 4.78. The molecule has 3 aliphatic rings. The third-order valence-electron chi connectivity index (χ3n) is 6.24. The lowest BCUT2D eigenvalue weighted by atomic mass is 9.67. The number of carbonyl (C=O) groups excluding carboxylic acids is 3. The van der Waals surface area contributed by atoms with Gasteiger partial charge in [0.2, 0.25) is 17.7 Å². The molecule has 1 saturated carbocycles. The second kappa shape index (κ2) is 6.50. The van der Waals surface area contributed by atoms with E-state index >= 15 is 0 Å². The van der Waals surface area contributed by atoms with E-state index in [2.05, 4.69) is 10.6 Å². The number of amides is 3. The summed E-state index contributed by atoms with van der Waals surface area (Å²) in [5, 5.41) is 6.48. The highest BCUT2D eigenvalue weighted by molar-refractivity contribution is 6.20. The van der Waals surface area contributed by atoms with E-state index in [0.717, 1.165) is 43.6 Å². The normalized spacial score (nSPS) is 28.3. The lowest BCUT2D eigenvalue weighted by Gasteiger charge is -2.37. The first-order valence-corrected chi connectivity index (χ1v) is 9.50. The quantitative estimate of drug-likeness (QED) is 0.816. The highest BCUT2D eigenvalue weighted by atomic mass is 16.2. The van der Waals surface area contributed by atoms with Crippen LogP contribution < -0.4 is 15.5 Å². The number of carbonyl (C=O) groups is 3. The molecule has 1 aromatic carbocycles. The SMILES string of the molecule is Cc1cc(NC(=O)[C@@]23CCCC[C@H]2CNC3)ccc1N1C(=O)CCC1=O. The van der Waals surface area contributed by atoms with Crippen LogP contribution in [0.15, 0.2) is 18.2 Å². The van der Waals surface area contributed by atoms with Crippen LogP contribution in [0.5, 0.6) is 0 Å². The van der Waals surface area contributed by atoms with E-state index < -0.39 is 0 Å². The third kappa shape index (κ3) is 2.72. The second-order valence-electron chi connectivity index (χ2n) is 7.81. The molecule has 3 fully saturated rings. The van der Waals surface area contributed by atoms with Crippen molar-refractivity contribution in [1.82, 2.24) is 5.32 Å². The van der Waals surface area contributed by atoms with Gasteiger partial charge >= 0.3 is 0 Å². The standard InChI is InChI=1S/C20H25N3O3/c1-13-10-15(5-6-16(13)23-17(24)7-8-18(23)25)22-19(26)20-9-3-2-4-14(20)11-21-12-20/h5-6,10,14,21H,2-4,7-9,11-12H2,1H3,(H,22,26)/t14-,20+/m0/s1. The molecule has 2 saturated heterocycles. The number of fused-ring (bicyclic) bond motifs is 1. The predicted molar refractivity (Wildman–Crippen MR) is 98.8 cm³/mol. The van der Waals surface area contributed by atoms with Gasteiger partial charge in [0.1, 0.15) is 0 Å². The minimum absolute atomic E-state index is 0.0904. The van der Waals surface area contributed by atoms with E-state index in [-0.39, 0.29) is 36.0 Å². The van der Waals surface area contributed by atoms with Crippen LogP contribution in [0.1, 0.15) is 44.1 Å². The number of imide groups is 1. The van der Waals surface area contributed by atoms with Gasteiger partial charge in [0, 0.05) is 25.1 Å². The molecule has 0 spiro atoms. The number of aryl methyl sites for hydroxylation is 1. The smallest absolute Gasteiger partial charge is 0.234 e. The molecule has 0 radical (unpaired) electrons. The topological polar surface area (TPSA) is 78.5 Å². The van der Waals surface area contributed by atoms with Crippen LogP contribution >= 0.6 is 0 Å². The van der Waals surface area contributed by atoms with E-state index in [9.17, 15) is 14.4 Å². The van der Waals surface area contributed by atoms with Crippen molar-refractivity contribution in [3.8, 4) is 0 Å². The van der Waals surface area contributed by atoms with Crippen LogP contribution in [-0.4, -0.2) is 30.8 Å². The molecule has 1 aromatic rings. The number of hydrogen-bond acceptors (Lipinski definition) is 4. The van der Waals surface area contributed by atoms with Gasteiger partial charge in [0.15, 0.2) is 0 Å². The summed E-state index contributed by atoms with van der Waals surface area (Å²) in [6, 6.07) is 5.40. The van der Waals surface area contributed by atoms with Gasteiger partial charge in [-0.15, -0.1) is 0 Å². The summed E-state index contributed by atoms with van der Waals surface area (Å²) >= 11 is 0. The number of rotatable bonds is 3. The maximum atomic E-state index is 13.1. The Bertz CT molecular complexity index is 760. The maximum Gasteiger partial charge on any atom is 0.234 e. The lowest BCUT2D eigenvalue weighted by molar-refractivity contribution is -0.128. The minimum Gasteiger partial charge on any atom is -0.326 e. The molecule has 1 aliphatic carbocycles. The molecule has 4 rings (SSSR count). The molecule has 2 aliphatic heterocycles. The number of benzene rings is 1. The first-order chi connectivity index (χ1) is 12.5. The van der Waals surface area contributed by atoms with Gasteiger partial charge in [-0.1, -0.05) is 12.8 Å². The van der Waals surface area contributed by atoms with Crippen LogP contribution in [0.25, 0.3) is 0 Å². The molecule has 6 nitrogen and oxygen atoms in total. The van der Waals surface area contributed by atoms with Gasteiger partial charge in [-0.05, 0) is 56.0 Å². The summed E-state index contributed by atoms with van der Waals surface area (Å²) in [6.07, 6.45) is 4.89. The average molecular weight is 355 g/mol. The Kier molecular flexibility index (Phi) is 4.31. The molecule has 6 heteroatoms. The Balaban J connectivity index is 1.54. The van der Waals surface area contributed by atoms with E-state index in [4.69, 9.17) is 0 Å². The Labute approximate surface area is 153 Å². The molecule has 138 valence electrons. The molecule has 0 bridgehead atoms. The molecule has 2 atom stereocenters. The molecule has 0 aromatic heterocycles. The van der Waals surface area contributed by atoms with Gasteiger partial charge < -0.3 is 10.6 Å². The molecular weight excluding hydrogens is 330 g/mol. The summed E-state index contributed by atoms with van der Waals surface area (Å²) in [4.78, 5) is 38.2. The van der Waals surface area contributed by atoms with Crippen LogP contribution in [0.4, 0.5) is 11.4 Å². The van der Waals surface area contributed by atoms with Crippen molar-refractivity contribution in [2.75, 3.05) is 23.3 Å². The highest BCUT2D eigenvalue weighted by Crippen LogP contribution is 2.44.